The zero-order valence-electron chi connectivity index (χ0n) is 8.66. The molecule has 0 spiro atoms. The van der Waals surface area contributed by atoms with Gasteiger partial charge in [-0.25, -0.2) is 0 Å². The van der Waals surface area contributed by atoms with Crippen LogP contribution in [0.2, 0.25) is 8.95 Å². The van der Waals surface area contributed by atoms with Crippen molar-refractivity contribution in [2.45, 2.75) is 28.7 Å². The summed E-state index contributed by atoms with van der Waals surface area (Å²) in [7, 11) is 0. The first-order valence-corrected chi connectivity index (χ1v) is 9.13. The van der Waals surface area contributed by atoms with Crippen molar-refractivity contribution in [1.82, 2.24) is 0 Å². The Bertz CT molecular complexity index is 352. The van der Waals surface area contributed by atoms with Crippen LogP contribution in [0.1, 0.15) is 19.8 Å². The van der Waals surface area contributed by atoms with Crippen LogP contribution in [0.3, 0.4) is 0 Å². The van der Waals surface area contributed by atoms with Gasteiger partial charge in [-0.05, 0) is 0 Å². The molecule has 3 aliphatic rings. The summed E-state index contributed by atoms with van der Waals surface area (Å²) >= 11 is -1.64. The topological polar surface area (TPSA) is 0 Å². The van der Waals surface area contributed by atoms with Crippen LogP contribution >= 0.6 is 0 Å². The molecular formula is C13H16Ti. The fourth-order valence-electron chi connectivity index (χ4n) is 3.08. The maximum atomic E-state index is 2.47. The molecule has 0 aromatic heterocycles. The average Bonchev–Trinajstić information content (AvgIpc) is 2.78. The second-order valence-corrected chi connectivity index (χ2v) is 11.9. The quantitative estimate of drug-likeness (QED) is 0.615. The second kappa shape index (κ2) is 3.08. The van der Waals surface area contributed by atoms with Gasteiger partial charge in [0.25, 0.3) is 0 Å². The van der Waals surface area contributed by atoms with E-state index in [0.717, 1.165) is 4.22 Å². The molecule has 1 heterocycles. The normalized spacial score (nSPS) is 31.9. The van der Waals surface area contributed by atoms with Gasteiger partial charge in [-0.1, -0.05) is 0 Å². The Morgan fingerprint density at radius 2 is 1.57 bits per heavy atom. The second-order valence-electron chi connectivity index (χ2n) is 4.72. The van der Waals surface area contributed by atoms with Crippen molar-refractivity contribution in [1.29, 1.82) is 0 Å². The predicted molar refractivity (Wildman–Crippen MR) is 57.9 cm³/mol. The number of hydrogen-bond acceptors (Lipinski definition) is 0. The molecule has 0 aromatic rings. The van der Waals surface area contributed by atoms with E-state index < -0.39 is 16.6 Å². The van der Waals surface area contributed by atoms with Gasteiger partial charge in [0.1, 0.15) is 0 Å². The Kier molecular flexibility index (Phi) is 1.97. The fourth-order valence-corrected chi connectivity index (χ4v) is 11.9. The van der Waals surface area contributed by atoms with Gasteiger partial charge in [-0.3, -0.25) is 0 Å². The molecule has 0 bridgehead atoms. The molecule has 1 unspecified atom stereocenters. The van der Waals surface area contributed by atoms with Gasteiger partial charge in [0.2, 0.25) is 0 Å². The summed E-state index contributed by atoms with van der Waals surface area (Å²) in [5, 5.41) is 0. The van der Waals surface area contributed by atoms with Crippen molar-refractivity contribution in [3.63, 3.8) is 0 Å². The van der Waals surface area contributed by atoms with E-state index in [1.807, 2.05) is 7.76 Å². The molecule has 0 radical (unpaired) electrons. The van der Waals surface area contributed by atoms with Crippen molar-refractivity contribution in [2.75, 3.05) is 0 Å². The van der Waals surface area contributed by atoms with E-state index >= 15 is 0 Å². The molecule has 72 valence electrons. The van der Waals surface area contributed by atoms with Crippen molar-refractivity contribution in [3.8, 4) is 0 Å². The molecule has 0 saturated carbocycles. The summed E-state index contributed by atoms with van der Waals surface area (Å²) in [4.78, 5) is 0. The molecule has 1 fully saturated rings. The Balaban J connectivity index is 1.93. The molecule has 0 amide bonds. The van der Waals surface area contributed by atoms with Crippen LogP contribution in [0.25, 0.3) is 0 Å². The van der Waals surface area contributed by atoms with E-state index in [2.05, 4.69) is 43.4 Å². The molecule has 1 aliphatic heterocycles. The third-order valence-corrected chi connectivity index (χ3v) is 12.8. The van der Waals surface area contributed by atoms with Gasteiger partial charge in [0, 0.05) is 0 Å². The summed E-state index contributed by atoms with van der Waals surface area (Å²) in [5.74, 6) is 0. The molecule has 1 heteroatoms. The van der Waals surface area contributed by atoms with E-state index in [1.54, 1.807) is 4.73 Å². The summed E-state index contributed by atoms with van der Waals surface area (Å²) in [6.45, 7) is 2.47. The first-order chi connectivity index (χ1) is 6.84. The summed E-state index contributed by atoms with van der Waals surface area (Å²) in [6, 6.07) is 0. The SMILES string of the molecule is C[CH]1[CH2][Ti]1([C]1=CC=CC1)[C]1=CC=CC1. The zero-order valence-corrected chi connectivity index (χ0v) is 10.2. The van der Waals surface area contributed by atoms with Gasteiger partial charge < -0.3 is 0 Å². The Hall–Kier alpha value is -0.326. The molecule has 14 heavy (non-hydrogen) atoms. The molecular weight excluding hydrogens is 204 g/mol. The molecule has 0 N–H and O–H groups in total. The van der Waals surface area contributed by atoms with Crippen LogP contribution in [-0.2, 0) is 16.6 Å². The Labute approximate surface area is 89.4 Å². The maximum absolute atomic E-state index is 2.47. The minimum absolute atomic E-state index is 1.05. The van der Waals surface area contributed by atoms with E-state index in [0.29, 0.717) is 0 Å². The van der Waals surface area contributed by atoms with Crippen molar-refractivity contribution in [3.05, 3.63) is 44.2 Å². The molecule has 0 aromatic carbocycles. The molecule has 2 aliphatic carbocycles. The van der Waals surface area contributed by atoms with Crippen molar-refractivity contribution >= 4 is 0 Å². The van der Waals surface area contributed by atoms with Crippen molar-refractivity contribution < 1.29 is 16.6 Å². The molecule has 0 nitrogen and oxygen atoms in total. The van der Waals surface area contributed by atoms with Gasteiger partial charge in [0.05, 0.1) is 0 Å². The summed E-state index contributed by atoms with van der Waals surface area (Å²) in [5.41, 5.74) is 0. The molecule has 1 saturated heterocycles. The van der Waals surface area contributed by atoms with Crippen LogP contribution in [0.4, 0.5) is 0 Å². The number of rotatable bonds is 2. The monoisotopic (exact) mass is 220 g/mol. The van der Waals surface area contributed by atoms with Crippen LogP contribution in [0.5, 0.6) is 0 Å². The Morgan fingerprint density at radius 3 is 1.86 bits per heavy atom. The van der Waals surface area contributed by atoms with Gasteiger partial charge >= 0.3 is 89.5 Å². The molecule has 3 rings (SSSR count). The van der Waals surface area contributed by atoms with Gasteiger partial charge in [0.15, 0.2) is 0 Å². The van der Waals surface area contributed by atoms with E-state index in [-0.39, 0.29) is 0 Å². The van der Waals surface area contributed by atoms with Crippen LogP contribution < -0.4 is 0 Å². The summed E-state index contributed by atoms with van der Waals surface area (Å²) in [6.07, 6.45) is 16.5. The van der Waals surface area contributed by atoms with E-state index in [4.69, 9.17) is 0 Å². The molecule has 1 atom stereocenters. The summed E-state index contributed by atoms with van der Waals surface area (Å²) < 4.78 is 6.29. The first kappa shape index (κ1) is 8.94. The minimum atomic E-state index is -1.64. The third kappa shape index (κ3) is 1.11. The number of hydrogen-bond donors (Lipinski definition) is 0. The van der Waals surface area contributed by atoms with Crippen LogP contribution in [0.15, 0.2) is 44.2 Å². The van der Waals surface area contributed by atoms with Gasteiger partial charge in [-0.2, -0.15) is 0 Å². The third-order valence-electron chi connectivity index (χ3n) is 4.00. The average molecular weight is 220 g/mol. The standard InChI is InChI=1S/2C5H5.C3H6.Ti/c2*1-2-4-5-3-1;1-3-2;/h2*1-3H,4H2;3H,1H2,2H3;. The van der Waals surface area contributed by atoms with Gasteiger partial charge in [-0.15, -0.1) is 0 Å². The zero-order chi connectivity index (χ0) is 9.60. The van der Waals surface area contributed by atoms with Crippen molar-refractivity contribution in [2.24, 2.45) is 0 Å². The van der Waals surface area contributed by atoms with Crippen LogP contribution in [0, 0.1) is 0 Å². The first-order valence-electron chi connectivity index (χ1n) is 5.56. The van der Waals surface area contributed by atoms with E-state index in [1.165, 1.54) is 12.8 Å². The number of allylic oxidation sites excluding steroid dienone is 8. The van der Waals surface area contributed by atoms with E-state index in [9.17, 15) is 0 Å². The van der Waals surface area contributed by atoms with Crippen LogP contribution in [-0.4, -0.2) is 0 Å². The Morgan fingerprint density at radius 1 is 1.07 bits per heavy atom. The predicted octanol–water partition coefficient (Wildman–Crippen LogP) is 4.07. The fraction of sp³-hybridized carbons (Fsp3) is 0.385.